The van der Waals surface area contributed by atoms with E-state index >= 15 is 0 Å². The summed E-state index contributed by atoms with van der Waals surface area (Å²) in [4.78, 5) is 7.51. The number of guanidine groups is 1. The number of nitrogens with zero attached hydrogens (tertiary/aromatic N) is 2. The van der Waals surface area contributed by atoms with Crippen LogP contribution in [0.25, 0.3) is 0 Å². The number of aryl methyl sites for hydroxylation is 1. The van der Waals surface area contributed by atoms with Crippen molar-refractivity contribution in [1.29, 1.82) is 0 Å². The normalized spacial score (nSPS) is 18.2. The predicted molar refractivity (Wildman–Crippen MR) is 123 cm³/mol. The van der Waals surface area contributed by atoms with E-state index in [0.29, 0.717) is 17.4 Å². The lowest BCUT2D eigenvalue weighted by atomic mass is 10.1. The maximum atomic E-state index is 11.7. The summed E-state index contributed by atoms with van der Waals surface area (Å²) >= 11 is 0. The molecule has 27 heavy (non-hydrogen) atoms. The molecule has 0 spiro atoms. The summed E-state index contributed by atoms with van der Waals surface area (Å²) in [5.74, 6) is 1.47. The highest BCUT2D eigenvalue weighted by Crippen LogP contribution is 2.17. The number of sulfone groups is 1. The molecule has 0 saturated carbocycles. The molecule has 6 nitrogen and oxygen atoms in total. The number of benzene rings is 1. The summed E-state index contributed by atoms with van der Waals surface area (Å²) in [6.07, 6.45) is 2.47. The molecule has 1 aliphatic heterocycles. The van der Waals surface area contributed by atoms with Crippen molar-refractivity contribution in [1.82, 2.24) is 15.5 Å². The zero-order chi connectivity index (χ0) is 19.2. The first-order chi connectivity index (χ1) is 12.3. The molecule has 1 saturated heterocycles. The van der Waals surface area contributed by atoms with E-state index in [1.54, 1.807) is 6.07 Å². The molecular weight excluding hydrogens is 475 g/mol. The van der Waals surface area contributed by atoms with E-state index in [2.05, 4.69) is 34.4 Å². The van der Waals surface area contributed by atoms with E-state index in [4.69, 9.17) is 0 Å². The summed E-state index contributed by atoms with van der Waals surface area (Å²) in [7, 11) is -3.18. The monoisotopic (exact) mass is 508 g/mol. The number of likely N-dealkylation sites (tertiary alicyclic amines) is 1. The van der Waals surface area contributed by atoms with Crippen LogP contribution in [-0.2, 0) is 16.4 Å². The van der Waals surface area contributed by atoms with E-state index in [-0.39, 0.29) is 24.0 Å². The molecular formula is C19H33IN4O2S. The van der Waals surface area contributed by atoms with E-state index in [1.165, 1.54) is 19.2 Å². The van der Waals surface area contributed by atoms with Crippen molar-refractivity contribution in [3.8, 4) is 0 Å². The van der Waals surface area contributed by atoms with Gasteiger partial charge in [0.25, 0.3) is 0 Å². The largest absolute Gasteiger partial charge is 0.357 e. The van der Waals surface area contributed by atoms with Crippen LogP contribution >= 0.6 is 24.0 Å². The number of nitrogens with one attached hydrogen (secondary N) is 2. The molecule has 1 aromatic carbocycles. The maximum absolute atomic E-state index is 11.7. The molecule has 8 heteroatoms. The van der Waals surface area contributed by atoms with Gasteiger partial charge in [-0.2, -0.15) is 0 Å². The van der Waals surface area contributed by atoms with Crippen molar-refractivity contribution in [3.05, 3.63) is 29.3 Å². The summed E-state index contributed by atoms with van der Waals surface area (Å²) < 4.78 is 23.4. The lowest BCUT2D eigenvalue weighted by Crippen LogP contribution is -2.40. The minimum Gasteiger partial charge on any atom is -0.357 e. The molecule has 0 amide bonds. The average Bonchev–Trinajstić information content (AvgIpc) is 3.04. The van der Waals surface area contributed by atoms with Crippen LogP contribution in [-0.4, -0.2) is 58.3 Å². The van der Waals surface area contributed by atoms with Crippen molar-refractivity contribution < 1.29 is 8.42 Å². The molecule has 1 aliphatic rings. The summed E-state index contributed by atoms with van der Waals surface area (Å²) in [6, 6.07) is 5.42. The highest BCUT2D eigenvalue weighted by atomic mass is 127. The highest BCUT2D eigenvalue weighted by molar-refractivity contribution is 14.0. The fraction of sp³-hybridized carbons (Fsp3) is 0.632. The van der Waals surface area contributed by atoms with E-state index in [0.717, 1.165) is 43.3 Å². The van der Waals surface area contributed by atoms with Gasteiger partial charge >= 0.3 is 0 Å². The molecule has 1 aromatic rings. The second kappa shape index (κ2) is 11.2. The molecule has 2 N–H and O–H groups in total. The fourth-order valence-electron chi connectivity index (χ4n) is 3.35. The summed E-state index contributed by atoms with van der Waals surface area (Å²) in [5.41, 5.74) is 1.77. The predicted octanol–water partition coefficient (Wildman–Crippen LogP) is 2.41. The van der Waals surface area contributed by atoms with Gasteiger partial charge in [0.1, 0.15) is 0 Å². The smallest absolute Gasteiger partial charge is 0.191 e. The Bertz CT molecular complexity index is 737. The Kier molecular flexibility index (Phi) is 10.0. The zero-order valence-electron chi connectivity index (χ0n) is 16.8. The van der Waals surface area contributed by atoms with E-state index in [9.17, 15) is 8.42 Å². The first-order valence-corrected chi connectivity index (χ1v) is 11.3. The van der Waals surface area contributed by atoms with Crippen LogP contribution in [0.3, 0.4) is 0 Å². The van der Waals surface area contributed by atoms with Crippen molar-refractivity contribution in [2.75, 3.05) is 39.0 Å². The lowest BCUT2D eigenvalue weighted by molar-refractivity contribution is 0.342. The SMILES string of the molecule is CCNC(=NCc1ccc(S(C)(=O)=O)c(C)c1)NCC1CCN(CC)C1.I. The van der Waals surface area contributed by atoms with Crippen LogP contribution in [0, 0.1) is 12.8 Å². The van der Waals surface area contributed by atoms with Crippen LogP contribution in [0.1, 0.15) is 31.4 Å². The quantitative estimate of drug-likeness (QED) is 0.336. The van der Waals surface area contributed by atoms with Crippen LogP contribution < -0.4 is 10.6 Å². The van der Waals surface area contributed by atoms with Crippen molar-refractivity contribution in [3.63, 3.8) is 0 Å². The van der Waals surface area contributed by atoms with Crippen LogP contribution in [0.4, 0.5) is 0 Å². The van der Waals surface area contributed by atoms with Crippen molar-refractivity contribution >= 4 is 39.8 Å². The Labute approximate surface area is 181 Å². The van der Waals surface area contributed by atoms with Gasteiger partial charge < -0.3 is 15.5 Å². The highest BCUT2D eigenvalue weighted by Gasteiger charge is 2.21. The first-order valence-electron chi connectivity index (χ1n) is 9.37. The number of rotatable bonds is 7. The zero-order valence-corrected chi connectivity index (χ0v) is 19.9. The van der Waals surface area contributed by atoms with E-state index < -0.39 is 9.84 Å². The number of hydrogen-bond donors (Lipinski definition) is 2. The summed E-state index contributed by atoms with van der Waals surface area (Å²) in [5, 5.41) is 6.73. The van der Waals surface area contributed by atoms with E-state index in [1.807, 2.05) is 19.1 Å². The van der Waals surface area contributed by atoms with Crippen molar-refractivity contribution in [2.45, 2.75) is 38.6 Å². The molecule has 0 radical (unpaired) electrons. The second-order valence-electron chi connectivity index (χ2n) is 7.00. The van der Waals surface area contributed by atoms with Crippen LogP contribution in [0.2, 0.25) is 0 Å². The van der Waals surface area contributed by atoms with Gasteiger partial charge in [0.15, 0.2) is 15.8 Å². The Morgan fingerprint density at radius 3 is 2.59 bits per heavy atom. The van der Waals surface area contributed by atoms with Crippen molar-refractivity contribution in [2.24, 2.45) is 10.9 Å². The number of halogens is 1. The van der Waals surface area contributed by atoms with Gasteiger partial charge in [0, 0.05) is 25.9 Å². The third-order valence-electron chi connectivity index (χ3n) is 4.78. The molecule has 154 valence electrons. The third kappa shape index (κ3) is 7.57. The minimum absolute atomic E-state index is 0. The fourth-order valence-corrected chi connectivity index (χ4v) is 4.30. The van der Waals surface area contributed by atoms with Gasteiger partial charge in [-0.15, -0.1) is 24.0 Å². The topological polar surface area (TPSA) is 73.8 Å². The lowest BCUT2D eigenvalue weighted by Gasteiger charge is -2.16. The van der Waals surface area contributed by atoms with Crippen LogP contribution in [0.15, 0.2) is 28.1 Å². The molecule has 1 fully saturated rings. The minimum atomic E-state index is -3.18. The Morgan fingerprint density at radius 2 is 2.04 bits per heavy atom. The molecule has 1 unspecified atom stereocenters. The maximum Gasteiger partial charge on any atom is 0.191 e. The van der Waals surface area contributed by atoms with Gasteiger partial charge in [0.05, 0.1) is 11.4 Å². The van der Waals surface area contributed by atoms with Gasteiger partial charge in [-0.1, -0.05) is 19.1 Å². The number of aliphatic imine (C=N–C) groups is 1. The van der Waals surface area contributed by atoms with Crippen LogP contribution in [0.5, 0.6) is 0 Å². The second-order valence-corrected chi connectivity index (χ2v) is 8.98. The standard InChI is InChI=1S/C19H32N4O2S.HI/c1-5-20-19(22-13-17-9-10-23(6-2)14-17)21-12-16-7-8-18(15(3)11-16)26(4,24)25;/h7-8,11,17H,5-6,9-10,12-14H2,1-4H3,(H2,20,21,22);1H. The molecule has 2 rings (SSSR count). The molecule has 0 aromatic heterocycles. The summed E-state index contributed by atoms with van der Waals surface area (Å²) in [6.45, 7) is 11.8. The molecule has 0 aliphatic carbocycles. The Balaban J connectivity index is 0.00000364. The number of hydrogen-bond acceptors (Lipinski definition) is 4. The Morgan fingerprint density at radius 1 is 1.30 bits per heavy atom. The van der Waals surface area contributed by atoms with Gasteiger partial charge in [-0.05, 0) is 56.5 Å². The van der Waals surface area contributed by atoms with Gasteiger partial charge in [0.2, 0.25) is 0 Å². The third-order valence-corrected chi connectivity index (χ3v) is 6.04. The average molecular weight is 508 g/mol. The molecule has 1 atom stereocenters. The Hall–Kier alpha value is -0.870. The molecule has 1 heterocycles. The molecule has 0 bridgehead atoms. The van der Waals surface area contributed by atoms with Gasteiger partial charge in [-0.3, -0.25) is 0 Å². The first kappa shape index (κ1) is 24.2. The van der Waals surface area contributed by atoms with Gasteiger partial charge in [-0.25, -0.2) is 13.4 Å².